The van der Waals surface area contributed by atoms with Gasteiger partial charge in [-0.1, -0.05) is 41.4 Å². The van der Waals surface area contributed by atoms with Crippen LogP contribution in [0.2, 0.25) is 5.02 Å². The fraction of sp³-hybridized carbons (Fsp3) is 0.316. The summed E-state index contributed by atoms with van der Waals surface area (Å²) in [5, 5.41) is 9.66. The third-order valence-electron chi connectivity index (χ3n) is 4.53. The van der Waals surface area contributed by atoms with E-state index in [2.05, 4.69) is 0 Å². The van der Waals surface area contributed by atoms with Gasteiger partial charge in [0.25, 0.3) is 10.1 Å². The molecule has 1 heterocycles. The first-order valence-electron chi connectivity index (χ1n) is 8.61. The van der Waals surface area contributed by atoms with Crippen LogP contribution in [0.3, 0.4) is 0 Å². The fourth-order valence-electron chi connectivity index (χ4n) is 2.94. The number of piperidine rings is 1. The largest absolute Gasteiger partial charge is 0.465 e. The minimum atomic E-state index is -4.02. The minimum absolute atomic E-state index is 0.0101. The Hall–Kier alpha value is -2.13. The summed E-state index contributed by atoms with van der Waals surface area (Å²) in [6, 6.07) is 13.4. The van der Waals surface area contributed by atoms with Crippen molar-refractivity contribution < 1.29 is 22.9 Å². The molecule has 1 aliphatic rings. The van der Waals surface area contributed by atoms with E-state index in [9.17, 15) is 13.2 Å². The summed E-state index contributed by atoms with van der Waals surface area (Å²) in [4.78, 5) is 12.3. The number of hydrogen-bond acceptors (Lipinski definition) is 4. The van der Waals surface area contributed by atoms with Gasteiger partial charge in [0.1, 0.15) is 0 Å². The molecule has 0 unspecified atom stereocenters. The van der Waals surface area contributed by atoms with Crippen molar-refractivity contribution >= 4 is 27.8 Å². The number of benzene rings is 2. The summed E-state index contributed by atoms with van der Waals surface area (Å²) in [5.41, 5.74) is 8.03. The van der Waals surface area contributed by atoms with Crippen LogP contribution in [0.5, 0.6) is 0 Å². The van der Waals surface area contributed by atoms with Crippen LogP contribution in [0.1, 0.15) is 23.5 Å². The molecule has 1 saturated heterocycles. The highest BCUT2D eigenvalue weighted by molar-refractivity contribution is 7.85. The van der Waals surface area contributed by atoms with E-state index in [1.165, 1.54) is 17.0 Å². The van der Waals surface area contributed by atoms with Gasteiger partial charge in [-0.15, -0.1) is 0 Å². The number of rotatable bonds is 2. The van der Waals surface area contributed by atoms with E-state index < -0.39 is 16.2 Å². The maximum atomic E-state index is 11.0. The first kappa shape index (κ1) is 22.2. The molecule has 3 rings (SSSR count). The van der Waals surface area contributed by atoms with Gasteiger partial charge in [-0.05, 0) is 43.2 Å². The van der Waals surface area contributed by atoms with E-state index in [-0.39, 0.29) is 16.9 Å². The molecule has 1 amide bonds. The lowest BCUT2D eigenvalue weighted by Gasteiger charge is -2.35. The number of carbonyl (C=O) groups is 1. The van der Waals surface area contributed by atoms with Crippen LogP contribution in [0.15, 0.2) is 53.4 Å². The van der Waals surface area contributed by atoms with Crippen LogP contribution in [-0.2, 0) is 10.1 Å². The van der Waals surface area contributed by atoms with Gasteiger partial charge in [0.05, 0.1) is 4.90 Å². The number of carboxylic acid groups (broad SMARTS) is 1. The number of amides is 1. The SMILES string of the molecule is Cc1ccc(S(=O)(=O)O)cc1.N[C@@H]1CCN(C(=O)O)C[C@H]1c1cccc(Cl)c1. The smallest absolute Gasteiger partial charge is 0.407 e. The lowest BCUT2D eigenvalue weighted by atomic mass is 9.87. The van der Waals surface area contributed by atoms with Crippen LogP contribution < -0.4 is 5.73 Å². The molecule has 4 N–H and O–H groups in total. The number of nitrogens with zero attached hydrogens (tertiary/aromatic N) is 1. The molecule has 2 aromatic carbocycles. The topological polar surface area (TPSA) is 121 Å². The Morgan fingerprint density at radius 3 is 2.39 bits per heavy atom. The molecule has 1 aliphatic heterocycles. The van der Waals surface area contributed by atoms with E-state index in [0.717, 1.165) is 11.1 Å². The Balaban J connectivity index is 0.000000221. The molecule has 0 spiro atoms. The molecule has 0 radical (unpaired) electrons. The second-order valence-electron chi connectivity index (χ2n) is 6.63. The normalized spacial score (nSPS) is 19.5. The van der Waals surface area contributed by atoms with Crippen molar-refractivity contribution in [1.82, 2.24) is 4.90 Å². The van der Waals surface area contributed by atoms with Crippen molar-refractivity contribution in [3.8, 4) is 0 Å². The van der Waals surface area contributed by atoms with Gasteiger partial charge in [-0.3, -0.25) is 4.55 Å². The van der Waals surface area contributed by atoms with Gasteiger partial charge >= 0.3 is 6.09 Å². The molecule has 9 heteroatoms. The molecule has 2 aromatic rings. The van der Waals surface area contributed by atoms with Crippen LogP contribution in [-0.4, -0.2) is 48.2 Å². The van der Waals surface area contributed by atoms with Gasteiger partial charge in [-0.25, -0.2) is 4.79 Å². The third kappa shape index (κ3) is 6.20. The maximum absolute atomic E-state index is 11.0. The standard InChI is InChI=1S/C12H15ClN2O2.C7H8O3S/c13-9-3-1-2-8(6-9)10-7-15(12(16)17)5-4-11(10)14;1-6-2-4-7(5-3-6)11(8,9)10/h1-3,6,10-11H,4-5,7,14H2,(H,16,17);2-5H,1H3,(H,8,9,10)/t10-,11+;/m0./s1. The fourth-order valence-corrected chi connectivity index (χ4v) is 3.62. The van der Waals surface area contributed by atoms with E-state index in [1.54, 1.807) is 18.2 Å². The zero-order valence-electron chi connectivity index (χ0n) is 15.3. The summed E-state index contributed by atoms with van der Waals surface area (Å²) in [5.74, 6) is 0.0264. The van der Waals surface area contributed by atoms with Gasteiger partial charge in [-0.2, -0.15) is 8.42 Å². The Morgan fingerprint density at radius 1 is 1.21 bits per heavy atom. The Bertz CT molecular complexity index is 918. The molecule has 28 heavy (non-hydrogen) atoms. The van der Waals surface area contributed by atoms with Gasteiger partial charge in [0, 0.05) is 30.1 Å². The van der Waals surface area contributed by atoms with Gasteiger partial charge in [0.15, 0.2) is 0 Å². The van der Waals surface area contributed by atoms with Crippen molar-refractivity contribution in [2.75, 3.05) is 13.1 Å². The molecular weight excluding hydrogens is 404 g/mol. The van der Waals surface area contributed by atoms with E-state index in [0.29, 0.717) is 24.5 Å². The molecule has 0 saturated carbocycles. The number of likely N-dealkylation sites (tertiary alicyclic amines) is 1. The molecule has 0 aliphatic carbocycles. The zero-order chi connectivity index (χ0) is 20.9. The molecule has 2 atom stereocenters. The number of halogens is 1. The monoisotopic (exact) mass is 426 g/mol. The maximum Gasteiger partial charge on any atom is 0.407 e. The number of nitrogens with two attached hydrogens (primary N) is 1. The number of aryl methyl sites for hydroxylation is 1. The summed E-state index contributed by atoms with van der Waals surface area (Å²) in [7, 11) is -4.02. The van der Waals surface area contributed by atoms with Crippen molar-refractivity contribution in [1.29, 1.82) is 0 Å². The van der Waals surface area contributed by atoms with E-state index in [1.807, 2.05) is 25.1 Å². The molecule has 1 fully saturated rings. The highest BCUT2D eigenvalue weighted by atomic mass is 35.5. The third-order valence-corrected chi connectivity index (χ3v) is 5.64. The molecule has 0 bridgehead atoms. The average Bonchev–Trinajstić information content (AvgIpc) is 2.62. The lowest BCUT2D eigenvalue weighted by molar-refractivity contribution is 0.126. The van der Waals surface area contributed by atoms with Crippen LogP contribution in [0.25, 0.3) is 0 Å². The van der Waals surface area contributed by atoms with Crippen LogP contribution in [0.4, 0.5) is 4.79 Å². The quantitative estimate of drug-likeness (QED) is 0.633. The molecule has 7 nitrogen and oxygen atoms in total. The average molecular weight is 427 g/mol. The van der Waals surface area contributed by atoms with E-state index in [4.69, 9.17) is 27.0 Å². The van der Waals surface area contributed by atoms with Crippen molar-refractivity contribution in [2.24, 2.45) is 5.73 Å². The summed E-state index contributed by atoms with van der Waals surface area (Å²) < 4.78 is 29.6. The van der Waals surface area contributed by atoms with Crippen LogP contribution in [0, 0.1) is 6.92 Å². The molecular formula is C19H23ClN2O5S. The summed E-state index contributed by atoms with van der Waals surface area (Å²) in [6.45, 7) is 2.79. The predicted molar refractivity (Wildman–Crippen MR) is 107 cm³/mol. The second kappa shape index (κ2) is 9.38. The highest BCUT2D eigenvalue weighted by Crippen LogP contribution is 2.27. The van der Waals surface area contributed by atoms with Gasteiger partial charge in [0.2, 0.25) is 0 Å². The minimum Gasteiger partial charge on any atom is -0.465 e. The Labute approximate surface area is 169 Å². The van der Waals surface area contributed by atoms with Crippen molar-refractivity contribution in [3.63, 3.8) is 0 Å². The number of hydrogen-bond donors (Lipinski definition) is 3. The lowest BCUT2D eigenvalue weighted by Crippen LogP contribution is -2.47. The molecule has 0 aromatic heterocycles. The zero-order valence-corrected chi connectivity index (χ0v) is 16.9. The van der Waals surface area contributed by atoms with Crippen molar-refractivity contribution in [2.45, 2.75) is 30.2 Å². The molecule has 152 valence electrons. The Morgan fingerprint density at radius 2 is 1.86 bits per heavy atom. The van der Waals surface area contributed by atoms with Crippen molar-refractivity contribution in [3.05, 3.63) is 64.7 Å². The Kier molecular flexibility index (Phi) is 7.42. The first-order chi connectivity index (χ1) is 13.1. The van der Waals surface area contributed by atoms with Crippen LogP contribution >= 0.6 is 11.6 Å². The summed E-state index contributed by atoms with van der Waals surface area (Å²) in [6.07, 6.45) is -0.201. The second-order valence-corrected chi connectivity index (χ2v) is 8.49. The van der Waals surface area contributed by atoms with E-state index >= 15 is 0 Å². The summed E-state index contributed by atoms with van der Waals surface area (Å²) >= 11 is 5.94. The highest BCUT2D eigenvalue weighted by Gasteiger charge is 2.30. The van der Waals surface area contributed by atoms with Gasteiger partial charge < -0.3 is 15.7 Å². The first-order valence-corrected chi connectivity index (χ1v) is 10.4. The predicted octanol–water partition coefficient (Wildman–Crippen LogP) is 3.38.